The third-order valence-electron chi connectivity index (χ3n) is 7.24. The van der Waals surface area contributed by atoms with Crippen LogP contribution in [-0.4, -0.2) is 52.3 Å². The van der Waals surface area contributed by atoms with Crippen LogP contribution in [0, 0.1) is 5.92 Å². The van der Waals surface area contributed by atoms with Gasteiger partial charge in [0.15, 0.2) is 5.82 Å². The van der Waals surface area contributed by atoms with Crippen molar-refractivity contribution in [2.75, 3.05) is 27.4 Å². The first-order valence-corrected chi connectivity index (χ1v) is 13.4. The Hall–Kier alpha value is -3.35. The molecule has 1 saturated carbocycles. The minimum absolute atomic E-state index is 0.139. The van der Waals surface area contributed by atoms with Crippen LogP contribution in [0.15, 0.2) is 36.4 Å². The highest BCUT2D eigenvalue weighted by Gasteiger charge is 2.28. The summed E-state index contributed by atoms with van der Waals surface area (Å²) in [5, 5.41) is 1.17. The second-order valence-electron chi connectivity index (χ2n) is 9.52. The second-order valence-corrected chi connectivity index (χ2v) is 9.52. The highest BCUT2D eigenvalue weighted by Crippen LogP contribution is 2.39. The number of methoxy groups -OCH3 is 1. The number of aromatic nitrogens is 3. The fourth-order valence-electron chi connectivity index (χ4n) is 5.32. The smallest absolute Gasteiger partial charge is 0.254 e. The van der Waals surface area contributed by atoms with E-state index >= 15 is 0 Å². The number of amides is 1. The predicted molar refractivity (Wildman–Crippen MR) is 149 cm³/mol. The van der Waals surface area contributed by atoms with Crippen LogP contribution in [0.1, 0.15) is 56.0 Å². The molecular weight excluding hydrogens is 467 g/mol. The molecule has 2 aromatic heterocycles. The maximum Gasteiger partial charge on any atom is 0.254 e. The average molecular weight is 507 g/mol. The van der Waals surface area contributed by atoms with Gasteiger partial charge < -0.3 is 18.8 Å². The van der Waals surface area contributed by atoms with E-state index in [-0.39, 0.29) is 5.91 Å². The number of nitrogens with zero attached hydrogens (tertiary/aromatic N) is 4. The number of fused-ring (bicyclic) bond motifs is 3. The molecule has 4 aromatic rings. The molecule has 0 saturated heterocycles. The normalized spacial score (nSPS) is 14.7. The van der Waals surface area contributed by atoms with E-state index in [0.29, 0.717) is 13.1 Å². The van der Waals surface area contributed by atoms with Crippen LogP contribution in [0.5, 0.6) is 5.75 Å². The van der Waals surface area contributed by atoms with E-state index in [1.54, 1.807) is 7.11 Å². The van der Waals surface area contributed by atoms with E-state index < -0.39 is 0 Å². The highest BCUT2D eigenvalue weighted by atomic mass is 19.1. The zero-order chi connectivity index (χ0) is 26.7. The van der Waals surface area contributed by atoms with Gasteiger partial charge in [-0.3, -0.25) is 9.18 Å². The molecular formula is C30H39FN4O2. The summed E-state index contributed by atoms with van der Waals surface area (Å²) in [5.41, 5.74) is 6.15. The summed E-state index contributed by atoms with van der Waals surface area (Å²) in [6.07, 6.45) is 4.43. The lowest BCUT2D eigenvalue weighted by Crippen LogP contribution is -2.38. The van der Waals surface area contributed by atoms with Crippen molar-refractivity contribution < 1.29 is 13.9 Å². The van der Waals surface area contributed by atoms with Crippen molar-refractivity contribution in [2.45, 2.75) is 53.0 Å². The van der Waals surface area contributed by atoms with Crippen molar-refractivity contribution in [3.63, 3.8) is 0 Å². The summed E-state index contributed by atoms with van der Waals surface area (Å²) < 4.78 is 19.8. The van der Waals surface area contributed by atoms with Gasteiger partial charge in [0.25, 0.3) is 5.91 Å². The minimum Gasteiger partial charge on any atom is -0.495 e. The van der Waals surface area contributed by atoms with Gasteiger partial charge in [0.2, 0.25) is 0 Å². The number of benzene rings is 2. The zero-order valence-corrected chi connectivity index (χ0v) is 23.0. The summed E-state index contributed by atoms with van der Waals surface area (Å²) in [5.74, 6) is 2.69. The summed E-state index contributed by atoms with van der Waals surface area (Å²) >= 11 is 0. The number of carbonyl (C=O) groups is 1. The van der Waals surface area contributed by atoms with Crippen molar-refractivity contribution in [2.24, 2.45) is 13.0 Å². The number of para-hydroxylation sites is 1. The van der Waals surface area contributed by atoms with Crippen LogP contribution in [0.4, 0.5) is 4.39 Å². The van der Waals surface area contributed by atoms with Gasteiger partial charge in [-0.05, 0) is 61.4 Å². The third-order valence-corrected chi connectivity index (χ3v) is 7.24. The minimum atomic E-state index is 0.139. The van der Waals surface area contributed by atoms with Crippen LogP contribution in [0.25, 0.3) is 33.5 Å². The molecule has 1 aliphatic carbocycles. The molecule has 198 valence electrons. The number of aryl methyl sites for hydroxylation is 1. The average Bonchev–Trinajstić information content (AvgIpc) is 3.61. The van der Waals surface area contributed by atoms with Crippen molar-refractivity contribution >= 4 is 27.8 Å². The first-order valence-electron chi connectivity index (χ1n) is 13.4. The highest BCUT2D eigenvalue weighted by molar-refractivity contribution is 6.00. The molecule has 0 N–H and O–H groups in total. The maximum absolute atomic E-state index is 13.1. The molecule has 2 aliphatic rings. The lowest BCUT2D eigenvalue weighted by Gasteiger charge is -2.28. The van der Waals surface area contributed by atoms with E-state index in [4.69, 9.17) is 9.72 Å². The molecule has 0 radical (unpaired) electrons. The summed E-state index contributed by atoms with van der Waals surface area (Å²) in [4.78, 5) is 20.1. The Morgan fingerprint density at radius 1 is 1.14 bits per heavy atom. The van der Waals surface area contributed by atoms with Gasteiger partial charge in [-0.2, -0.15) is 0 Å². The molecule has 6 nitrogen and oxygen atoms in total. The van der Waals surface area contributed by atoms with Gasteiger partial charge in [0, 0.05) is 37.6 Å². The standard InChI is InChI=1S/C27H30N4O2.C2H6.CH3F/c1-4-11-30-12-10-18-13-22-21(15-20(18)27(30)32)28-26(29(22)2)23-14-19-6-5-7-24(33-3)25(19)31(23)16-17-8-9-17;2*1-2/h5-7,13-15,17H,4,8-12,16H2,1-3H3;1-2H3;1H3. The fraction of sp³-hybridized carbons (Fsp3) is 0.467. The molecule has 0 bridgehead atoms. The van der Waals surface area contributed by atoms with Gasteiger partial charge in [-0.25, -0.2) is 4.98 Å². The maximum atomic E-state index is 13.1. The Morgan fingerprint density at radius 3 is 2.57 bits per heavy atom. The molecule has 0 unspecified atom stereocenters. The predicted octanol–water partition coefficient (Wildman–Crippen LogP) is 6.63. The fourth-order valence-corrected chi connectivity index (χ4v) is 5.32. The molecule has 2 aromatic carbocycles. The van der Waals surface area contributed by atoms with E-state index in [9.17, 15) is 9.18 Å². The van der Waals surface area contributed by atoms with Gasteiger partial charge in [-0.15, -0.1) is 0 Å². The molecule has 0 atom stereocenters. The number of halogens is 1. The van der Waals surface area contributed by atoms with Crippen LogP contribution in [0.2, 0.25) is 0 Å². The molecule has 6 rings (SSSR count). The zero-order valence-electron chi connectivity index (χ0n) is 23.0. The van der Waals surface area contributed by atoms with Crippen LogP contribution in [0.3, 0.4) is 0 Å². The second kappa shape index (κ2) is 11.4. The Labute approximate surface area is 219 Å². The van der Waals surface area contributed by atoms with Gasteiger partial charge in [0.1, 0.15) is 5.75 Å². The first-order chi connectivity index (χ1) is 18.1. The number of imidazole rings is 1. The quantitative estimate of drug-likeness (QED) is 0.295. The van der Waals surface area contributed by atoms with Gasteiger partial charge in [0.05, 0.1) is 36.5 Å². The van der Waals surface area contributed by atoms with Crippen LogP contribution >= 0.6 is 0 Å². The van der Waals surface area contributed by atoms with Crippen molar-refractivity contribution in [3.05, 3.63) is 47.5 Å². The lowest BCUT2D eigenvalue weighted by molar-refractivity contribution is 0.0740. The molecule has 0 spiro atoms. The number of hydrogen-bond donors (Lipinski definition) is 0. The number of hydrogen-bond acceptors (Lipinski definition) is 3. The number of rotatable bonds is 6. The third kappa shape index (κ3) is 4.83. The monoisotopic (exact) mass is 506 g/mol. The number of alkyl halides is 1. The van der Waals surface area contributed by atoms with Crippen molar-refractivity contribution in [1.82, 2.24) is 19.0 Å². The lowest BCUT2D eigenvalue weighted by atomic mass is 9.98. The van der Waals surface area contributed by atoms with Gasteiger partial charge >= 0.3 is 0 Å². The summed E-state index contributed by atoms with van der Waals surface area (Å²) in [7, 11) is 4.32. The molecule has 7 heteroatoms. The van der Waals surface area contributed by atoms with E-state index in [0.717, 1.165) is 77.4 Å². The number of carbonyl (C=O) groups excluding carboxylic acids is 1. The Morgan fingerprint density at radius 2 is 1.89 bits per heavy atom. The van der Waals surface area contributed by atoms with Crippen molar-refractivity contribution in [3.8, 4) is 17.3 Å². The molecule has 37 heavy (non-hydrogen) atoms. The Balaban J connectivity index is 0.000000765. The Bertz CT molecular complexity index is 1400. The molecule has 1 aliphatic heterocycles. The van der Waals surface area contributed by atoms with Crippen LogP contribution in [-0.2, 0) is 20.0 Å². The van der Waals surface area contributed by atoms with Crippen molar-refractivity contribution in [1.29, 1.82) is 0 Å². The van der Waals surface area contributed by atoms with E-state index in [1.165, 1.54) is 18.2 Å². The molecule has 1 fully saturated rings. The summed E-state index contributed by atoms with van der Waals surface area (Å²) in [6.45, 7) is 8.70. The molecule has 3 heterocycles. The summed E-state index contributed by atoms with van der Waals surface area (Å²) in [6, 6.07) is 12.6. The SMILES string of the molecule is CC.CCCN1CCc2cc3c(cc2C1=O)nc(-c1cc2cccc(OC)c2n1CC1CC1)n3C.CF. The van der Waals surface area contributed by atoms with E-state index in [2.05, 4.69) is 41.3 Å². The van der Waals surface area contributed by atoms with Crippen LogP contribution < -0.4 is 4.74 Å². The first kappa shape index (κ1) is 26.7. The topological polar surface area (TPSA) is 52.3 Å². The molecule has 1 amide bonds. The number of ether oxygens (including phenoxy) is 1. The Kier molecular flexibility index (Phi) is 8.20. The van der Waals surface area contributed by atoms with Gasteiger partial charge in [-0.1, -0.05) is 32.9 Å². The largest absolute Gasteiger partial charge is 0.495 e. The van der Waals surface area contributed by atoms with E-state index in [1.807, 2.05) is 36.9 Å².